The van der Waals surface area contributed by atoms with E-state index in [0.29, 0.717) is 0 Å². The number of aromatic carboxylic acids is 1. The van der Waals surface area contributed by atoms with Crippen molar-refractivity contribution >= 4 is 38.9 Å². The molecule has 0 aliphatic carbocycles. The molecule has 4 N–H and O–H groups in total. The van der Waals surface area contributed by atoms with Gasteiger partial charge < -0.3 is 25.6 Å². The first-order valence-electron chi connectivity index (χ1n) is 5.49. The second-order valence-electron chi connectivity index (χ2n) is 4.25. The number of carboxylic acid groups (broad SMARTS) is 1. The van der Waals surface area contributed by atoms with E-state index in [1.807, 2.05) is 0 Å². The Balaban J connectivity index is 2.47. The van der Waals surface area contributed by atoms with Crippen molar-refractivity contribution in [3.63, 3.8) is 0 Å². The van der Waals surface area contributed by atoms with Gasteiger partial charge in [0.05, 0.1) is 6.61 Å². The van der Waals surface area contributed by atoms with Gasteiger partial charge in [0, 0.05) is 12.6 Å². The molecule has 0 aromatic carbocycles. The molecule has 0 bridgehead atoms. The van der Waals surface area contributed by atoms with Crippen LogP contribution < -0.4 is 15.4 Å². The molecule has 0 fully saturated rings. The zero-order chi connectivity index (χ0) is 15.1. The number of anilines is 1. The third-order valence-electron chi connectivity index (χ3n) is 2.63. The minimum Gasteiger partial charge on any atom is -0.477 e. The Hall–Kier alpha value is -0.970. The highest BCUT2D eigenvalue weighted by molar-refractivity contribution is 9.11. The highest BCUT2D eigenvalue weighted by Gasteiger charge is 2.44. The number of ether oxygens (including phenoxy) is 1. The summed E-state index contributed by atoms with van der Waals surface area (Å²) in [5.74, 6) is -1.46. The number of alkyl halides is 2. The van der Waals surface area contributed by atoms with Crippen LogP contribution in [-0.2, 0) is 0 Å². The quantitative estimate of drug-likeness (QED) is 0.737. The maximum atomic E-state index is 13.5. The van der Waals surface area contributed by atoms with E-state index < -0.39 is 31.3 Å². The first-order valence-corrected chi connectivity index (χ1v) is 7.10. The van der Waals surface area contributed by atoms with Crippen LogP contribution in [0.1, 0.15) is 9.67 Å². The van der Waals surface area contributed by atoms with E-state index in [1.165, 1.54) is 0 Å². The summed E-state index contributed by atoms with van der Waals surface area (Å²) in [6.07, 6.45) is -3.46. The molecule has 0 unspecified atom stereocenters. The Morgan fingerprint density at radius 3 is 2.85 bits per heavy atom. The van der Waals surface area contributed by atoms with Crippen LogP contribution in [0.5, 0.6) is 5.75 Å². The van der Waals surface area contributed by atoms with Crippen LogP contribution >= 0.6 is 27.3 Å². The number of aliphatic hydroxyl groups is 1. The summed E-state index contributed by atoms with van der Waals surface area (Å²) >= 11 is 3.81. The van der Waals surface area contributed by atoms with Crippen LogP contribution in [0.3, 0.4) is 0 Å². The van der Waals surface area contributed by atoms with Gasteiger partial charge in [-0.1, -0.05) is 0 Å². The summed E-state index contributed by atoms with van der Waals surface area (Å²) < 4.78 is 31.8. The topological polar surface area (TPSA) is 96.0 Å². The molecule has 0 spiro atoms. The summed E-state index contributed by atoms with van der Waals surface area (Å²) in [6.45, 7) is -1.32. The van der Waals surface area contributed by atoms with E-state index in [0.717, 1.165) is 16.2 Å². The average Bonchev–Trinajstić information content (AvgIpc) is 2.65. The molecule has 20 heavy (non-hydrogen) atoms. The highest BCUT2D eigenvalue weighted by atomic mass is 79.9. The lowest BCUT2D eigenvalue weighted by molar-refractivity contribution is -0.172. The second kappa shape index (κ2) is 5.43. The van der Waals surface area contributed by atoms with Gasteiger partial charge in [-0.15, -0.1) is 11.3 Å². The van der Waals surface area contributed by atoms with Gasteiger partial charge in [0.2, 0.25) is 0 Å². The van der Waals surface area contributed by atoms with Crippen molar-refractivity contribution in [1.29, 1.82) is 0 Å². The van der Waals surface area contributed by atoms with Crippen LogP contribution in [0, 0.1) is 0 Å². The van der Waals surface area contributed by atoms with Gasteiger partial charge in [-0.25, -0.2) is 4.79 Å². The molecule has 2 heterocycles. The number of aliphatic hydroxyl groups excluding tert-OH is 1. The maximum absolute atomic E-state index is 13.5. The molecule has 0 saturated heterocycles. The number of rotatable bonds is 4. The summed E-state index contributed by atoms with van der Waals surface area (Å²) in [7, 11) is 0. The van der Waals surface area contributed by atoms with Crippen LogP contribution in [0.15, 0.2) is 3.79 Å². The fourth-order valence-corrected chi connectivity index (χ4v) is 3.45. The molecule has 6 nitrogen and oxygen atoms in total. The number of fused-ring (bicyclic) bond motifs is 1. The highest BCUT2D eigenvalue weighted by Crippen LogP contribution is 2.50. The first-order chi connectivity index (χ1) is 9.25. The van der Waals surface area contributed by atoms with Gasteiger partial charge >= 0.3 is 12.1 Å². The second-order valence-corrected chi connectivity index (χ2v) is 6.59. The summed E-state index contributed by atoms with van der Waals surface area (Å²) in [6, 6.07) is -0.767. The monoisotopic (exact) mass is 372 g/mol. The predicted molar refractivity (Wildman–Crippen MR) is 71.8 cm³/mol. The Bertz CT molecular complexity index is 540. The first kappa shape index (κ1) is 15.4. The van der Waals surface area contributed by atoms with Crippen molar-refractivity contribution in [3.05, 3.63) is 8.66 Å². The van der Waals surface area contributed by atoms with E-state index in [2.05, 4.69) is 20.7 Å². The zero-order valence-electron chi connectivity index (χ0n) is 9.98. The molecule has 1 aromatic rings. The molecule has 1 atom stereocenters. The van der Waals surface area contributed by atoms with Crippen molar-refractivity contribution in [2.24, 2.45) is 5.73 Å². The van der Waals surface area contributed by atoms with E-state index in [-0.39, 0.29) is 26.6 Å². The number of carbonyl (C=O) groups is 1. The third kappa shape index (κ3) is 2.87. The molecule has 0 saturated carbocycles. The van der Waals surface area contributed by atoms with Crippen LogP contribution in [0.2, 0.25) is 0 Å². The third-order valence-corrected chi connectivity index (χ3v) is 4.41. The standard InChI is InChI=1S/C10H11BrF2N2O4S/c11-8-6-5(7(20-8)9(17)18)15(1-4(14)2-16)3-10(12,13)19-6/h4,16H,1-3,14H2,(H,17,18)/t4-/m1/s1. The minimum atomic E-state index is -3.46. The smallest absolute Gasteiger partial charge is 0.416 e. The SMILES string of the molecule is N[C@@H](CO)CN1CC(F)(F)Oc2c(Br)sc(C(=O)O)c21. The van der Waals surface area contributed by atoms with Gasteiger partial charge in [-0.2, -0.15) is 8.78 Å². The Kier molecular flexibility index (Phi) is 4.19. The largest absolute Gasteiger partial charge is 0.477 e. The average molecular weight is 373 g/mol. The van der Waals surface area contributed by atoms with Crippen molar-refractivity contribution < 1.29 is 28.5 Å². The molecule has 1 aromatic heterocycles. The zero-order valence-corrected chi connectivity index (χ0v) is 12.4. The molecule has 112 valence electrons. The lowest BCUT2D eigenvalue weighted by Crippen LogP contribution is -2.50. The molecule has 10 heteroatoms. The van der Waals surface area contributed by atoms with Gasteiger partial charge in [-0.3, -0.25) is 0 Å². The van der Waals surface area contributed by atoms with E-state index in [4.69, 9.17) is 15.9 Å². The lowest BCUT2D eigenvalue weighted by Gasteiger charge is -2.35. The number of carboxylic acids is 1. The molecule has 1 aliphatic rings. The van der Waals surface area contributed by atoms with Crippen LogP contribution in [0.4, 0.5) is 14.5 Å². The Morgan fingerprint density at radius 1 is 1.65 bits per heavy atom. The summed E-state index contributed by atoms with van der Waals surface area (Å²) in [5, 5.41) is 18.1. The number of hydrogen-bond donors (Lipinski definition) is 3. The Morgan fingerprint density at radius 2 is 2.30 bits per heavy atom. The molecular formula is C10H11BrF2N2O4S. The fraction of sp³-hybridized carbons (Fsp3) is 0.500. The number of thiophene rings is 1. The van der Waals surface area contributed by atoms with Gasteiger partial charge in [0.25, 0.3) is 0 Å². The molecule has 2 rings (SSSR count). The summed E-state index contributed by atoms with van der Waals surface area (Å²) in [4.78, 5) is 12.2. The van der Waals surface area contributed by atoms with Gasteiger partial charge in [-0.05, 0) is 15.9 Å². The molecule has 0 amide bonds. The predicted octanol–water partition coefficient (Wildman–Crippen LogP) is 1.32. The lowest BCUT2D eigenvalue weighted by atomic mass is 10.2. The molecular weight excluding hydrogens is 362 g/mol. The van der Waals surface area contributed by atoms with E-state index >= 15 is 0 Å². The minimum absolute atomic E-state index is 0.0594. The normalized spacial score (nSPS) is 18.4. The maximum Gasteiger partial charge on any atom is 0.416 e. The summed E-state index contributed by atoms with van der Waals surface area (Å²) in [5.41, 5.74) is 5.61. The molecule has 0 radical (unpaired) electrons. The number of halogens is 3. The van der Waals surface area contributed by atoms with Crippen LogP contribution in [-0.4, -0.2) is 48.0 Å². The van der Waals surface area contributed by atoms with Crippen LogP contribution in [0.25, 0.3) is 0 Å². The number of nitrogens with two attached hydrogens (primary N) is 1. The fourth-order valence-electron chi connectivity index (χ4n) is 1.88. The van der Waals surface area contributed by atoms with Crippen molar-refractivity contribution in [2.75, 3.05) is 24.6 Å². The van der Waals surface area contributed by atoms with Crippen molar-refractivity contribution in [1.82, 2.24) is 0 Å². The van der Waals surface area contributed by atoms with E-state index in [1.54, 1.807) is 0 Å². The number of hydrogen-bond acceptors (Lipinski definition) is 6. The van der Waals surface area contributed by atoms with Gasteiger partial charge in [0.15, 0.2) is 5.75 Å². The van der Waals surface area contributed by atoms with Gasteiger partial charge in [0.1, 0.15) is 20.9 Å². The number of nitrogens with zero attached hydrogens (tertiary/aromatic N) is 1. The van der Waals surface area contributed by atoms with Crippen molar-refractivity contribution in [3.8, 4) is 5.75 Å². The van der Waals surface area contributed by atoms with Crippen molar-refractivity contribution in [2.45, 2.75) is 12.2 Å². The molecule has 1 aliphatic heterocycles. The Labute approximate surface area is 124 Å². The van der Waals surface area contributed by atoms with E-state index in [9.17, 15) is 13.6 Å².